The third kappa shape index (κ3) is 10.5. The van der Waals surface area contributed by atoms with Gasteiger partial charge in [-0.25, -0.2) is 0 Å². The van der Waals surface area contributed by atoms with Gasteiger partial charge in [-0.15, -0.1) is 24.8 Å². The Kier molecular flexibility index (Phi) is 20.7. The molecule has 0 aromatic heterocycles. The van der Waals surface area contributed by atoms with E-state index in [0.717, 1.165) is 0 Å². The lowest BCUT2D eigenvalue weighted by Gasteiger charge is -2.21. The fraction of sp³-hybridized carbons (Fsp3) is 0.889. The van der Waals surface area contributed by atoms with Crippen LogP contribution in [0, 0.1) is 0 Å². The maximum absolute atomic E-state index is 11.6. The van der Waals surface area contributed by atoms with Crippen molar-refractivity contribution in [1.82, 2.24) is 3.71 Å². The maximum atomic E-state index is 11.6. The van der Waals surface area contributed by atoms with Gasteiger partial charge in [0, 0.05) is 6.54 Å². The van der Waals surface area contributed by atoms with E-state index in [9.17, 15) is 4.79 Å². The number of nitrogens with zero attached hydrogens (tertiary/aromatic N) is 1. The minimum atomic E-state index is -0.264. The predicted molar refractivity (Wildman–Crippen MR) is 83.7 cm³/mol. The van der Waals surface area contributed by atoms with Crippen molar-refractivity contribution in [3.8, 4) is 0 Å². The fourth-order valence-electron chi connectivity index (χ4n) is 0.984. The first-order chi connectivity index (χ1) is 7.67. The van der Waals surface area contributed by atoms with E-state index in [4.69, 9.17) is 15.2 Å². The quantitative estimate of drug-likeness (QED) is 0.388. The Balaban J connectivity index is -0.00000112. The number of halogens is 2. The van der Waals surface area contributed by atoms with Gasteiger partial charge in [-0.05, 0) is 19.4 Å². The van der Waals surface area contributed by atoms with Crippen LogP contribution in [-0.4, -0.2) is 54.6 Å². The Bertz CT molecular complexity index is 201. The highest BCUT2D eigenvalue weighted by Gasteiger charge is 2.21. The van der Waals surface area contributed by atoms with Crippen LogP contribution in [0.25, 0.3) is 0 Å². The Morgan fingerprint density at radius 3 is 2.22 bits per heavy atom. The third-order valence-corrected chi connectivity index (χ3v) is 4.00. The summed E-state index contributed by atoms with van der Waals surface area (Å²) < 4.78 is 12.0. The summed E-state index contributed by atoms with van der Waals surface area (Å²) in [6.07, 6.45) is 3.84. The topological polar surface area (TPSA) is 64.8 Å². The zero-order valence-corrected chi connectivity index (χ0v) is 14.1. The van der Waals surface area contributed by atoms with E-state index < -0.39 is 0 Å². The van der Waals surface area contributed by atoms with Crippen molar-refractivity contribution in [2.75, 3.05) is 38.9 Å². The van der Waals surface area contributed by atoms with E-state index in [1.54, 1.807) is 0 Å². The van der Waals surface area contributed by atoms with Gasteiger partial charge in [0.1, 0.15) is 12.6 Å². The zero-order chi connectivity index (χ0) is 12.4. The fourth-order valence-corrected chi connectivity index (χ4v) is 2.38. The molecule has 0 spiro atoms. The SMILES string of the molecule is CSN(SC)[C@@H](C)C(=O)OCCOCCN.Cl.Cl. The number of ether oxygens (including phenoxy) is 2. The van der Waals surface area contributed by atoms with Crippen LogP contribution in [0.1, 0.15) is 6.92 Å². The van der Waals surface area contributed by atoms with Crippen LogP contribution in [0.15, 0.2) is 0 Å². The Hall–Kier alpha value is 0.630. The van der Waals surface area contributed by atoms with Crippen molar-refractivity contribution in [3.05, 3.63) is 0 Å². The number of hydrogen-bond acceptors (Lipinski definition) is 7. The zero-order valence-electron chi connectivity index (χ0n) is 10.8. The number of rotatable bonds is 9. The third-order valence-electron chi connectivity index (χ3n) is 1.75. The highest BCUT2D eigenvalue weighted by molar-refractivity contribution is 8.11. The lowest BCUT2D eigenvalue weighted by atomic mass is 10.4. The number of hydrogen-bond donors (Lipinski definition) is 1. The molecule has 0 rings (SSSR count). The first-order valence-electron chi connectivity index (χ1n) is 4.99. The summed E-state index contributed by atoms with van der Waals surface area (Å²) >= 11 is 3.00. The smallest absolute Gasteiger partial charge is 0.325 e. The molecule has 0 saturated heterocycles. The van der Waals surface area contributed by atoms with Crippen LogP contribution in [0.3, 0.4) is 0 Å². The Morgan fingerprint density at radius 2 is 1.78 bits per heavy atom. The molecule has 0 aliphatic carbocycles. The van der Waals surface area contributed by atoms with Gasteiger partial charge in [-0.2, -0.15) is 3.71 Å². The van der Waals surface area contributed by atoms with Crippen molar-refractivity contribution in [2.45, 2.75) is 13.0 Å². The van der Waals surface area contributed by atoms with Crippen molar-refractivity contribution in [1.29, 1.82) is 0 Å². The summed E-state index contributed by atoms with van der Waals surface area (Å²) in [5, 5.41) is 0. The molecule has 0 bridgehead atoms. The summed E-state index contributed by atoms with van der Waals surface area (Å²) in [5.74, 6) is -0.236. The molecule has 0 aliphatic heterocycles. The standard InChI is InChI=1S/C9H20N2O3S2.2ClH/c1-8(11(15-2)16-3)9(12)14-7-6-13-5-4-10;;/h8H,4-7,10H2,1-3H3;2*1H/t8-;;/m0../s1. The molecule has 0 aliphatic rings. The molecule has 9 heteroatoms. The molecule has 0 saturated carbocycles. The largest absolute Gasteiger partial charge is 0.462 e. The minimum absolute atomic E-state index is 0. The van der Waals surface area contributed by atoms with Crippen LogP contribution in [0.5, 0.6) is 0 Å². The summed E-state index contributed by atoms with van der Waals surface area (Å²) in [7, 11) is 0. The second-order valence-electron chi connectivity index (χ2n) is 2.90. The molecule has 0 aromatic carbocycles. The summed E-state index contributed by atoms with van der Waals surface area (Å²) in [6.45, 7) is 3.47. The normalized spacial score (nSPS) is 11.4. The van der Waals surface area contributed by atoms with Gasteiger partial charge in [0.15, 0.2) is 0 Å². The molecular formula is C9H22Cl2N2O3S2. The molecule has 0 fully saturated rings. The van der Waals surface area contributed by atoms with Crippen molar-refractivity contribution < 1.29 is 14.3 Å². The minimum Gasteiger partial charge on any atom is -0.462 e. The number of nitrogens with two attached hydrogens (primary N) is 1. The van der Waals surface area contributed by atoms with Gasteiger partial charge < -0.3 is 15.2 Å². The summed E-state index contributed by atoms with van der Waals surface area (Å²) in [4.78, 5) is 11.6. The second-order valence-corrected chi connectivity index (χ2v) is 4.64. The van der Waals surface area contributed by atoms with E-state index in [2.05, 4.69) is 0 Å². The van der Waals surface area contributed by atoms with Crippen LogP contribution >= 0.6 is 48.7 Å². The first-order valence-corrected chi connectivity index (χ1v) is 7.35. The van der Waals surface area contributed by atoms with Crippen LogP contribution in [-0.2, 0) is 14.3 Å². The highest BCUT2D eigenvalue weighted by atomic mass is 35.5. The predicted octanol–water partition coefficient (Wildman–Crippen LogP) is 1.59. The molecule has 0 aromatic rings. The first kappa shape index (κ1) is 23.7. The molecule has 1 atom stereocenters. The van der Waals surface area contributed by atoms with Crippen LogP contribution in [0.2, 0.25) is 0 Å². The molecule has 5 nitrogen and oxygen atoms in total. The average Bonchev–Trinajstić information content (AvgIpc) is 2.30. The van der Waals surface area contributed by atoms with Gasteiger partial charge in [-0.3, -0.25) is 4.79 Å². The Labute approximate surface area is 130 Å². The van der Waals surface area contributed by atoms with Crippen molar-refractivity contribution in [2.24, 2.45) is 5.73 Å². The van der Waals surface area contributed by atoms with Gasteiger partial charge in [0.25, 0.3) is 0 Å². The molecule has 0 unspecified atom stereocenters. The summed E-state index contributed by atoms with van der Waals surface area (Å²) in [6, 6.07) is -0.264. The number of esters is 1. The van der Waals surface area contributed by atoms with Gasteiger partial charge in [0.2, 0.25) is 0 Å². The van der Waals surface area contributed by atoms with E-state index in [1.165, 1.54) is 23.9 Å². The summed E-state index contributed by atoms with van der Waals surface area (Å²) in [5.41, 5.74) is 5.25. The lowest BCUT2D eigenvalue weighted by molar-refractivity contribution is -0.147. The van der Waals surface area contributed by atoms with Gasteiger partial charge >= 0.3 is 5.97 Å². The lowest BCUT2D eigenvalue weighted by Crippen LogP contribution is -2.31. The highest BCUT2D eigenvalue weighted by Crippen LogP contribution is 2.20. The van der Waals surface area contributed by atoms with E-state index >= 15 is 0 Å². The molecule has 112 valence electrons. The van der Waals surface area contributed by atoms with Gasteiger partial charge in [-0.1, -0.05) is 23.9 Å². The Morgan fingerprint density at radius 1 is 1.22 bits per heavy atom. The molecule has 0 heterocycles. The molecular weight excluding hydrogens is 319 g/mol. The van der Waals surface area contributed by atoms with Crippen LogP contribution < -0.4 is 5.73 Å². The monoisotopic (exact) mass is 340 g/mol. The van der Waals surface area contributed by atoms with E-state index in [0.29, 0.717) is 19.8 Å². The van der Waals surface area contributed by atoms with Crippen molar-refractivity contribution >= 4 is 54.7 Å². The molecule has 18 heavy (non-hydrogen) atoms. The number of carbonyl (C=O) groups is 1. The molecule has 0 amide bonds. The maximum Gasteiger partial charge on any atom is 0.325 e. The van der Waals surface area contributed by atoms with Crippen molar-refractivity contribution in [3.63, 3.8) is 0 Å². The van der Waals surface area contributed by atoms with Gasteiger partial charge in [0.05, 0.1) is 13.2 Å². The second kappa shape index (κ2) is 15.7. The van der Waals surface area contributed by atoms with E-state index in [1.807, 2.05) is 23.1 Å². The van der Waals surface area contributed by atoms with Crippen LogP contribution in [0.4, 0.5) is 0 Å². The number of carbonyl (C=O) groups excluding carboxylic acids is 1. The molecule has 2 N–H and O–H groups in total. The molecule has 0 radical (unpaired) electrons. The van der Waals surface area contributed by atoms with E-state index in [-0.39, 0.29) is 43.4 Å². The average molecular weight is 341 g/mol.